The Kier molecular flexibility index (Phi) is 13.6. The maximum atomic E-state index is 12.6. The summed E-state index contributed by atoms with van der Waals surface area (Å²) in [5.41, 5.74) is 0.521. The zero-order chi connectivity index (χ0) is 39.0. The average Bonchev–Trinajstić information content (AvgIpc) is 3.84. The van der Waals surface area contributed by atoms with E-state index < -0.39 is 35.8 Å². The molecule has 0 saturated heterocycles. The standard InChI is InChI=1S/C18H11N3O6.C17H10F3N3S.CHNS.Ru/c22-16(23)9-1-3-19-12(5-9)14-7-11(18(26)27)8-15(21-14)13-6-10(17(24)25)2-4-20-13;18-17(19,20)16-8-13(22-23-16)12-6-5-11(9-21-12)15-7-10-3-1-2-4-14(10)24-15;2-1-3;/h1-8H,(H,22,23)(H,24,25)(H,26,27);1-9,12H;3H;/q;-2;;+3/p-1. The van der Waals surface area contributed by atoms with Gasteiger partial charge in [0, 0.05) is 22.0 Å². The molecular weight excluding hydrogens is 849 g/mol. The fourth-order valence-corrected chi connectivity index (χ4v) is 5.86. The minimum absolute atomic E-state index is 0. The van der Waals surface area contributed by atoms with Crippen LogP contribution in [0.1, 0.15) is 53.4 Å². The van der Waals surface area contributed by atoms with Gasteiger partial charge in [0.1, 0.15) is 5.69 Å². The molecule has 19 heteroatoms. The Morgan fingerprint density at radius 1 is 0.818 bits per heavy atom. The molecule has 0 aliphatic carbocycles. The van der Waals surface area contributed by atoms with E-state index in [1.54, 1.807) is 23.6 Å². The van der Waals surface area contributed by atoms with Crippen molar-refractivity contribution in [3.63, 3.8) is 0 Å². The first kappa shape index (κ1) is 41.4. The van der Waals surface area contributed by atoms with E-state index in [0.717, 1.165) is 21.9 Å². The molecule has 0 fully saturated rings. The van der Waals surface area contributed by atoms with Gasteiger partial charge in [-0.3, -0.25) is 9.97 Å². The van der Waals surface area contributed by atoms with Crippen LogP contribution in [0.2, 0.25) is 0 Å². The van der Waals surface area contributed by atoms with E-state index in [4.69, 9.17) is 15.5 Å². The summed E-state index contributed by atoms with van der Waals surface area (Å²) in [6.45, 7) is 0. The third-order valence-corrected chi connectivity index (χ3v) is 8.47. The van der Waals surface area contributed by atoms with Crippen LogP contribution in [-0.2, 0) is 38.3 Å². The van der Waals surface area contributed by atoms with E-state index in [-0.39, 0.29) is 64.6 Å². The Balaban J connectivity index is 0.000000226. The topological polar surface area (TPSA) is 215 Å². The number of carboxylic acid groups (broad SMARTS) is 3. The average molecular weight is 870 g/mol. The van der Waals surface area contributed by atoms with Crippen LogP contribution in [0.4, 0.5) is 13.2 Å². The van der Waals surface area contributed by atoms with Gasteiger partial charge in [-0.15, -0.1) is 11.3 Å². The summed E-state index contributed by atoms with van der Waals surface area (Å²) in [4.78, 5) is 47.2. The number of hydrogen-bond donors (Lipinski definition) is 3. The number of nitrogens with zero attached hydrogens (tertiary/aromatic N) is 7. The quantitative estimate of drug-likeness (QED) is 0.0801. The predicted octanol–water partition coefficient (Wildman–Crippen LogP) is 7.61. The number of rotatable bonds is 7. The largest absolute Gasteiger partial charge is 3.00 e. The number of thiophene rings is 1. The molecular formula is C36H21F3N7O6RuS2. The number of fused-ring (bicyclic) bond motifs is 1. The van der Waals surface area contributed by atoms with Crippen molar-refractivity contribution >= 4 is 57.5 Å². The first-order valence-corrected chi connectivity index (χ1v) is 16.3. The number of halogens is 3. The SMILES string of the molecule is FC(F)(F)c1cc(C2C=CC(c3cc4ccccc4s3)=C[N-]2)[n-]n1.N#C[S-].O=C(O)c1ccnc(-c2cc(C(=O)O)cc(-c3cc(C(=O)O)ccn3)n2)c1.[Ru+3]. The van der Waals surface area contributed by atoms with E-state index >= 15 is 0 Å². The van der Waals surface area contributed by atoms with Gasteiger partial charge in [0.15, 0.2) is 0 Å². The van der Waals surface area contributed by atoms with Gasteiger partial charge in [0.05, 0.1) is 39.5 Å². The van der Waals surface area contributed by atoms with Crippen molar-refractivity contribution in [2.24, 2.45) is 0 Å². The van der Waals surface area contributed by atoms with E-state index in [9.17, 15) is 32.7 Å². The van der Waals surface area contributed by atoms with Gasteiger partial charge in [-0.25, -0.2) is 24.6 Å². The van der Waals surface area contributed by atoms with Crippen molar-refractivity contribution in [2.75, 3.05) is 0 Å². The number of benzene rings is 1. The molecule has 0 bridgehead atoms. The molecule has 0 amide bonds. The number of alkyl halides is 3. The maximum Gasteiger partial charge on any atom is 3.00 e. The van der Waals surface area contributed by atoms with Crippen molar-refractivity contribution < 1.29 is 62.4 Å². The van der Waals surface area contributed by atoms with Crippen LogP contribution in [0.5, 0.6) is 0 Å². The van der Waals surface area contributed by atoms with Crippen LogP contribution in [0.15, 0.2) is 104 Å². The molecule has 1 radical (unpaired) electrons. The van der Waals surface area contributed by atoms with Gasteiger partial charge >= 0.3 is 43.6 Å². The molecule has 7 rings (SSSR count). The summed E-state index contributed by atoms with van der Waals surface area (Å²) in [5.74, 6) is -3.56. The molecule has 1 aliphatic heterocycles. The number of carbonyl (C=O) groups is 3. The minimum Gasteiger partial charge on any atom is -0.696 e. The number of allylic oxidation sites excluding steroid dienone is 2. The summed E-state index contributed by atoms with van der Waals surface area (Å²) in [6.07, 6.45) is 3.35. The second-order valence-electron chi connectivity index (χ2n) is 10.8. The summed E-state index contributed by atoms with van der Waals surface area (Å²) in [7, 11) is 0. The molecule has 0 saturated carbocycles. The number of carboxylic acids is 3. The van der Waals surface area contributed by atoms with Crippen LogP contribution < -0.4 is 5.10 Å². The van der Waals surface area contributed by atoms with Crippen molar-refractivity contribution in [1.29, 1.82) is 5.26 Å². The van der Waals surface area contributed by atoms with Gasteiger partial charge < -0.3 is 43.5 Å². The Bertz CT molecular complexity index is 2370. The maximum absolute atomic E-state index is 12.6. The number of thiocyanates is 1. The third-order valence-electron chi connectivity index (χ3n) is 7.30. The van der Waals surface area contributed by atoms with Gasteiger partial charge in [-0.1, -0.05) is 47.9 Å². The molecule has 5 aromatic heterocycles. The normalized spacial score (nSPS) is 13.0. The van der Waals surface area contributed by atoms with Crippen molar-refractivity contribution in [2.45, 2.75) is 12.2 Å². The minimum atomic E-state index is -4.48. The Morgan fingerprint density at radius 3 is 1.84 bits per heavy atom. The molecule has 3 N–H and O–H groups in total. The first-order valence-electron chi connectivity index (χ1n) is 15.1. The molecule has 13 nitrogen and oxygen atoms in total. The molecule has 6 aromatic rings. The molecule has 1 aliphatic rings. The molecule has 1 atom stereocenters. The van der Waals surface area contributed by atoms with Crippen LogP contribution >= 0.6 is 11.3 Å². The van der Waals surface area contributed by atoms with Gasteiger partial charge in [0.2, 0.25) is 0 Å². The zero-order valence-electron chi connectivity index (χ0n) is 27.4. The number of hydrogen-bond acceptors (Lipinski definition) is 10. The molecule has 55 heavy (non-hydrogen) atoms. The second-order valence-corrected chi connectivity index (χ2v) is 12.1. The number of aromatic carboxylic acids is 3. The number of aromatic nitrogens is 5. The zero-order valence-corrected chi connectivity index (χ0v) is 30.8. The second kappa shape index (κ2) is 18.1. The number of pyridine rings is 3. The first-order chi connectivity index (χ1) is 25.8. The number of nitriles is 1. The molecule has 1 aromatic carbocycles. The van der Waals surface area contributed by atoms with Crippen LogP contribution in [0, 0.1) is 10.7 Å². The van der Waals surface area contributed by atoms with Crippen molar-refractivity contribution in [1.82, 2.24) is 25.1 Å². The van der Waals surface area contributed by atoms with Gasteiger partial charge in [0.25, 0.3) is 0 Å². The van der Waals surface area contributed by atoms with Crippen molar-refractivity contribution in [3.05, 3.63) is 142 Å². The van der Waals surface area contributed by atoms with E-state index in [0.29, 0.717) is 0 Å². The fourth-order valence-electron chi connectivity index (χ4n) is 4.81. The third kappa shape index (κ3) is 10.4. The van der Waals surface area contributed by atoms with Gasteiger partial charge in [-0.05, 0) is 59.5 Å². The van der Waals surface area contributed by atoms with E-state index in [1.165, 1.54) is 58.9 Å². The Hall–Kier alpha value is -6.35. The molecule has 1 unspecified atom stereocenters. The Morgan fingerprint density at radius 2 is 1.36 bits per heavy atom. The summed E-state index contributed by atoms with van der Waals surface area (Å²) in [6, 6.07) is 18.2. The van der Waals surface area contributed by atoms with Crippen molar-refractivity contribution in [3.8, 4) is 28.2 Å². The molecule has 6 heterocycles. The monoisotopic (exact) mass is 870 g/mol. The smallest absolute Gasteiger partial charge is 0.696 e. The van der Waals surface area contributed by atoms with Crippen LogP contribution in [0.25, 0.3) is 43.8 Å². The summed E-state index contributed by atoms with van der Waals surface area (Å²) >= 11 is 5.35. The fraction of sp³-hybridized carbons (Fsp3) is 0.0556. The summed E-state index contributed by atoms with van der Waals surface area (Å²) < 4.78 is 39.0. The van der Waals surface area contributed by atoms with Crippen LogP contribution in [-0.4, -0.2) is 53.3 Å². The molecule has 0 spiro atoms. The predicted molar refractivity (Wildman–Crippen MR) is 192 cm³/mol. The Labute approximate surface area is 331 Å². The van der Waals surface area contributed by atoms with Crippen LogP contribution in [0.3, 0.4) is 0 Å². The van der Waals surface area contributed by atoms with Gasteiger partial charge in [-0.2, -0.15) is 25.1 Å². The van der Waals surface area contributed by atoms with E-state index in [1.807, 2.05) is 24.3 Å². The van der Waals surface area contributed by atoms with E-state index in [2.05, 4.69) is 55.2 Å². The summed E-state index contributed by atoms with van der Waals surface area (Å²) in [5, 5.41) is 48.3. The molecule has 277 valence electrons.